The second-order valence-corrected chi connectivity index (χ2v) is 24.2. The summed E-state index contributed by atoms with van der Waals surface area (Å²) in [6, 6.07) is 109. The number of hydrogen-bond acceptors (Lipinski definition) is 2. The summed E-state index contributed by atoms with van der Waals surface area (Å²) in [4.78, 5) is 0. The van der Waals surface area contributed by atoms with Crippen molar-refractivity contribution in [2.75, 3.05) is 0 Å². The number of benzene rings is 14. The van der Waals surface area contributed by atoms with Gasteiger partial charge in [-0.25, -0.2) is 0 Å². The first-order valence-corrected chi connectivity index (χ1v) is 33.0. The zero-order valence-corrected chi connectivity index (χ0v) is 53.2. The van der Waals surface area contributed by atoms with Crippen LogP contribution in [0.15, 0.2) is 331 Å². The molecule has 3 nitrogen and oxygen atoms in total. The number of hydrogen-bond donors (Lipinski definition) is 0. The average molecular weight is 1220 g/mol. The van der Waals surface area contributed by atoms with Crippen molar-refractivity contribution in [1.82, 2.24) is 4.57 Å². The molecule has 0 saturated heterocycles. The van der Waals surface area contributed by atoms with Crippen molar-refractivity contribution in [3.63, 3.8) is 0 Å². The van der Waals surface area contributed by atoms with Gasteiger partial charge in [-0.15, -0.1) is 0 Å². The van der Waals surface area contributed by atoms with E-state index in [4.69, 9.17) is 8.83 Å². The van der Waals surface area contributed by atoms with Gasteiger partial charge in [0.1, 0.15) is 22.3 Å². The van der Waals surface area contributed by atoms with Crippen LogP contribution in [-0.2, 0) is 0 Å². The SMILES string of the molecule is C1=c2cc(-n3c4ccc(-c5cc(-c6ccccc6)cc6c5oc5c(-c7ccccc7)cc(-c7ccccc7)cc56)cc4c4cc(-c5cc(-c6ccccc6)cc6c5oc5c(-c7ccccc7)cc(-c7ccccc7)cc56)ccc43)c3ccccc3c2=CCC1.C=CC=C.CC. The fourth-order valence-electron chi connectivity index (χ4n) is 14.3. The second-order valence-electron chi connectivity index (χ2n) is 24.2. The topological polar surface area (TPSA) is 31.2 Å². The molecule has 0 saturated carbocycles. The third kappa shape index (κ3) is 10.4. The second kappa shape index (κ2) is 24.9. The van der Waals surface area contributed by atoms with Crippen LogP contribution in [0.25, 0.3) is 183 Å². The molecular formula is C92H67NO2. The highest BCUT2D eigenvalue weighted by Crippen LogP contribution is 2.49. The summed E-state index contributed by atoms with van der Waals surface area (Å²) in [5.74, 6) is 0. The van der Waals surface area contributed by atoms with Gasteiger partial charge in [0.15, 0.2) is 0 Å². The Morgan fingerprint density at radius 2 is 0.579 bits per heavy atom. The molecule has 0 radical (unpaired) electrons. The summed E-state index contributed by atoms with van der Waals surface area (Å²) in [5.41, 5.74) is 24.5. The highest BCUT2D eigenvalue weighted by molar-refractivity contribution is 6.20. The molecule has 0 unspecified atom stereocenters. The van der Waals surface area contributed by atoms with Crippen LogP contribution in [0.3, 0.4) is 0 Å². The van der Waals surface area contributed by atoms with Gasteiger partial charge in [-0.3, -0.25) is 0 Å². The van der Waals surface area contributed by atoms with Gasteiger partial charge in [-0.1, -0.05) is 270 Å². The highest BCUT2D eigenvalue weighted by atomic mass is 16.3. The lowest BCUT2D eigenvalue weighted by molar-refractivity contribution is 0.671. The van der Waals surface area contributed by atoms with Crippen LogP contribution in [0, 0.1) is 0 Å². The number of nitrogens with zero attached hydrogens (tertiary/aromatic N) is 1. The van der Waals surface area contributed by atoms with E-state index in [1.807, 2.05) is 13.8 Å². The maximum atomic E-state index is 7.42. The summed E-state index contributed by atoms with van der Waals surface area (Å²) in [7, 11) is 0. The van der Waals surface area contributed by atoms with E-state index in [-0.39, 0.29) is 0 Å². The van der Waals surface area contributed by atoms with Gasteiger partial charge in [0, 0.05) is 60.0 Å². The van der Waals surface area contributed by atoms with Gasteiger partial charge in [0.25, 0.3) is 0 Å². The van der Waals surface area contributed by atoms with Crippen LogP contribution in [0.2, 0.25) is 0 Å². The zero-order valence-electron chi connectivity index (χ0n) is 53.2. The molecule has 0 spiro atoms. The summed E-state index contributed by atoms with van der Waals surface area (Å²) in [6.45, 7) is 10.7. The predicted octanol–water partition coefficient (Wildman–Crippen LogP) is 24.8. The third-order valence-electron chi connectivity index (χ3n) is 18.7. The van der Waals surface area contributed by atoms with Crippen LogP contribution < -0.4 is 10.4 Å². The minimum absolute atomic E-state index is 0.855. The van der Waals surface area contributed by atoms with E-state index in [9.17, 15) is 0 Å². The first kappa shape index (κ1) is 58.1. The average Bonchev–Trinajstić information content (AvgIpc) is 1.59. The molecule has 95 heavy (non-hydrogen) atoms. The van der Waals surface area contributed by atoms with E-state index in [0.29, 0.717) is 0 Å². The molecule has 0 amide bonds. The highest BCUT2D eigenvalue weighted by Gasteiger charge is 2.25. The Labute approximate surface area is 553 Å². The van der Waals surface area contributed by atoms with E-state index in [0.717, 1.165) is 173 Å². The lowest BCUT2D eigenvalue weighted by Gasteiger charge is -2.15. The molecule has 3 heterocycles. The molecule has 0 aliphatic heterocycles. The monoisotopic (exact) mass is 1220 g/mol. The lowest BCUT2D eigenvalue weighted by atomic mass is 9.92. The summed E-state index contributed by atoms with van der Waals surface area (Å²) >= 11 is 0. The van der Waals surface area contributed by atoms with Crippen molar-refractivity contribution in [2.45, 2.75) is 26.7 Å². The summed E-state index contributed by atoms with van der Waals surface area (Å²) < 4.78 is 17.4. The Morgan fingerprint density at radius 1 is 0.274 bits per heavy atom. The molecule has 1 aliphatic carbocycles. The molecule has 18 rings (SSSR count). The zero-order chi connectivity index (χ0) is 63.9. The van der Waals surface area contributed by atoms with E-state index in [2.05, 4.69) is 327 Å². The van der Waals surface area contributed by atoms with Crippen LogP contribution in [-0.4, -0.2) is 4.57 Å². The third-order valence-corrected chi connectivity index (χ3v) is 18.7. The Balaban J connectivity index is 0.00000115. The minimum atomic E-state index is 0.855. The number of allylic oxidation sites excluding steroid dienone is 2. The molecule has 452 valence electrons. The number of aromatic nitrogens is 1. The molecule has 0 bridgehead atoms. The first-order chi connectivity index (χ1) is 47.0. The van der Waals surface area contributed by atoms with Crippen molar-refractivity contribution < 1.29 is 8.83 Å². The molecule has 3 aromatic heterocycles. The summed E-state index contributed by atoms with van der Waals surface area (Å²) in [5, 5.41) is 11.7. The Morgan fingerprint density at radius 3 is 0.937 bits per heavy atom. The largest absolute Gasteiger partial charge is 0.455 e. The van der Waals surface area contributed by atoms with Crippen LogP contribution in [0.1, 0.15) is 26.7 Å². The Kier molecular flexibility index (Phi) is 15.2. The van der Waals surface area contributed by atoms with E-state index >= 15 is 0 Å². The van der Waals surface area contributed by atoms with Crippen LogP contribution in [0.4, 0.5) is 0 Å². The fraction of sp³-hybridized carbons (Fsp3) is 0.0435. The molecule has 0 atom stereocenters. The standard InChI is InChI=1S/C86H55NO2.C4H6.C2H6/c1-7-23-54(24-8-1)63-45-70(58-31-15-5-16-32-58)83-76(49-63)78-51-65(56-27-11-3-12-28-56)47-72(85(78)88-83)61-39-41-80-74(43-61)75-44-62(40-42-81(75)87(80)82-53-60-35-19-20-36-67(60)68-37-21-22-38-69(68)82)73-48-66(57-29-13-4-14-30-57)52-79-77-50-64(55-25-9-2-10-26-55)46-71(84(77)89-86(73)79)59-33-17-6-18-34-59;1-3-4-2;1-2/h1-18,21-53H,19-20H2;3-4H,1-2H2;1-2H3. The number of rotatable bonds is 10. The van der Waals surface area contributed by atoms with Crippen LogP contribution >= 0.6 is 0 Å². The maximum absolute atomic E-state index is 7.42. The van der Waals surface area contributed by atoms with Gasteiger partial charge in [0.05, 0.1) is 16.7 Å². The minimum Gasteiger partial charge on any atom is -0.455 e. The molecular weight excluding hydrogens is 1150 g/mol. The summed E-state index contributed by atoms with van der Waals surface area (Å²) in [6.07, 6.45) is 10.2. The van der Waals surface area contributed by atoms with Gasteiger partial charge in [-0.2, -0.15) is 0 Å². The molecule has 17 aromatic rings. The van der Waals surface area contributed by atoms with E-state index < -0.39 is 0 Å². The van der Waals surface area contributed by atoms with Crippen molar-refractivity contribution in [3.05, 3.63) is 333 Å². The smallest absolute Gasteiger partial charge is 0.143 e. The molecule has 1 aliphatic rings. The van der Waals surface area contributed by atoms with Gasteiger partial charge < -0.3 is 13.4 Å². The molecule has 0 N–H and O–H groups in total. The van der Waals surface area contributed by atoms with Crippen molar-refractivity contribution >= 4 is 88.6 Å². The maximum Gasteiger partial charge on any atom is 0.143 e. The van der Waals surface area contributed by atoms with Crippen molar-refractivity contribution in [2.24, 2.45) is 0 Å². The molecule has 0 fully saturated rings. The van der Waals surface area contributed by atoms with Gasteiger partial charge in [0.2, 0.25) is 0 Å². The van der Waals surface area contributed by atoms with Gasteiger partial charge in [-0.05, 0) is 174 Å². The Hall–Kier alpha value is -12.0. The van der Waals surface area contributed by atoms with Crippen LogP contribution in [0.5, 0.6) is 0 Å². The lowest BCUT2D eigenvalue weighted by Crippen LogP contribution is -2.28. The molecule has 14 aromatic carbocycles. The quantitative estimate of drug-likeness (QED) is 0.128. The predicted molar refractivity (Wildman–Crippen MR) is 405 cm³/mol. The van der Waals surface area contributed by atoms with Crippen molar-refractivity contribution in [1.29, 1.82) is 0 Å². The van der Waals surface area contributed by atoms with Gasteiger partial charge >= 0.3 is 0 Å². The normalized spacial score (nSPS) is 11.9. The van der Waals surface area contributed by atoms with E-state index in [1.54, 1.807) is 12.2 Å². The van der Waals surface area contributed by atoms with Crippen molar-refractivity contribution in [3.8, 4) is 94.7 Å². The number of furan rings is 2. The first-order valence-electron chi connectivity index (χ1n) is 33.0. The number of fused-ring (bicyclic) bond motifs is 12. The Bertz CT molecular complexity index is 5610. The van der Waals surface area contributed by atoms with E-state index in [1.165, 1.54) is 21.2 Å². The fourth-order valence-corrected chi connectivity index (χ4v) is 14.3. The molecule has 3 heteroatoms.